The van der Waals surface area contributed by atoms with Crippen molar-refractivity contribution in [3.05, 3.63) is 22.4 Å². The first kappa shape index (κ1) is 17.7. The van der Waals surface area contributed by atoms with Gasteiger partial charge in [0, 0.05) is 13.0 Å². The van der Waals surface area contributed by atoms with Crippen LogP contribution in [0.2, 0.25) is 0 Å². The summed E-state index contributed by atoms with van der Waals surface area (Å²) >= 11 is 1.39. The first-order valence-electron chi connectivity index (χ1n) is 6.80. The third-order valence-electron chi connectivity index (χ3n) is 2.83. The highest BCUT2D eigenvalue weighted by Gasteiger charge is 2.28. The van der Waals surface area contributed by atoms with Gasteiger partial charge >= 0.3 is 6.09 Å². The molecule has 1 N–H and O–H groups in total. The monoisotopic (exact) mass is 313 g/mol. The predicted octanol–water partition coefficient (Wildman–Crippen LogP) is 3.11. The minimum Gasteiger partial charge on any atom is -0.444 e. The minimum absolute atomic E-state index is 0.0110. The molecule has 1 aromatic heterocycles. The van der Waals surface area contributed by atoms with Crippen molar-refractivity contribution in [2.24, 2.45) is 5.92 Å². The highest BCUT2D eigenvalue weighted by molar-refractivity contribution is 7.12. The summed E-state index contributed by atoms with van der Waals surface area (Å²) in [5.74, 6) is -0.403. The summed E-state index contributed by atoms with van der Waals surface area (Å²) < 4.78 is 10.3. The van der Waals surface area contributed by atoms with Gasteiger partial charge in [0.2, 0.25) is 0 Å². The molecule has 0 aliphatic heterocycles. The van der Waals surface area contributed by atoms with E-state index in [9.17, 15) is 9.59 Å². The van der Waals surface area contributed by atoms with E-state index in [2.05, 4.69) is 5.32 Å². The van der Waals surface area contributed by atoms with E-state index in [1.165, 1.54) is 18.4 Å². The molecule has 1 aromatic rings. The van der Waals surface area contributed by atoms with Crippen molar-refractivity contribution >= 4 is 23.2 Å². The Kier molecular flexibility index (Phi) is 6.36. The van der Waals surface area contributed by atoms with Gasteiger partial charge in [-0.1, -0.05) is 13.0 Å². The number of carbonyl (C=O) groups excluding carboxylic acids is 2. The quantitative estimate of drug-likeness (QED) is 0.820. The van der Waals surface area contributed by atoms with Gasteiger partial charge in [-0.25, -0.2) is 4.79 Å². The largest absolute Gasteiger partial charge is 0.444 e. The predicted molar refractivity (Wildman–Crippen MR) is 82.8 cm³/mol. The zero-order chi connectivity index (χ0) is 16.0. The molecule has 1 rings (SSSR count). The van der Waals surface area contributed by atoms with Gasteiger partial charge in [-0.05, 0) is 32.2 Å². The standard InChI is InChI=1S/C15H23NO4S/c1-10(13(17)12-7-6-8-21-12)11(9-19-5)16-14(18)20-15(2,3)4/h6-8,10-11H,9H2,1-5H3,(H,16,18). The third-order valence-corrected chi connectivity index (χ3v) is 3.71. The lowest BCUT2D eigenvalue weighted by Crippen LogP contribution is -2.46. The lowest BCUT2D eigenvalue weighted by Gasteiger charge is -2.26. The van der Waals surface area contributed by atoms with Gasteiger partial charge in [0.1, 0.15) is 5.60 Å². The van der Waals surface area contributed by atoms with Crippen molar-refractivity contribution in [1.82, 2.24) is 5.32 Å². The molecular weight excluding hydrogens is 290 g/mol. The lowest BCUT2D eigenvalue weighted by molar-refractivity contribution is 0.0435. The van der Waals surface area contributed by atoms with Crippen molar-refractivity contribution in [2.75, 3.05) is 13.7 Å². The number of carbonyl (C=O) groups is 2. The highest BCUT2D eigenvalue weighted by atomic mass is 32.1. The fourth-order valence-electron chi connectivity index (χ4n) is 1.78. The van der Waals surface area contributed by atoms with Crippen LogP contribution in [-0.4, -0.2) is 37.2 Å². The van der Waals surface area contributed by atoms with Crippen molar-refractivity contribution in [2.45, 2.75) is 39.3 Å². The molecule has 2 atom stereocenters. The Morgan fingerprint density at radius 2 is 2.05 bits per heavy atom. The number of Topliss-reactive ketones (excluding diaryl/α,β-unsaturated/α-hetero) is 1. The average Bonchev–Trinajstić information content (AvgIpc) is 2.88. The second-order valence-electron chi connectivity index (χ2n) is 5.84. The number of nitrogens with one attached hydrogen (secondary N) is 1. The Morgan fingerprint density at radius 1 is 1.38 bits per heavy atom. The molecule has 1 heterocycles. The van der Waals surface area contributed by atoms with Crippen LogP contribution in [0.5, 0.6) is 0 Å². The number of amides is 1. The summed E-state index contributed by atoms with van der Waals surface area (Å²) in [4.78, 5) is 24.9. The molecule has 0 radical (unpaired) electrons. The summed E-state index contributed by atoms with van der Waals surface area (Å²) in [5.41, 5.74) is -0.581. The summed E-state index contributed by atoms with van der Waals surface area (Å²) in [6, 6.07) is 3.18. The first-order valence-corrected chi connectivity index (χ1v) is 7.68. The number of thiophene rings is 1. The second kappa shape index (κ2) is 7.56. The van der Waals surface area contributed by atoms with E-state index in [4.69, 9.17) is 9.47 Å². The van der Waals surface area contributed by atoms with Crippen LogP contribution in [0, 0.1) is 5.92 Å². The van der Waals surface area contributed by atoms with Crippen molar-refractivity contribution in [3.8, 4) is 0 Å². The molecule has 0 saturated heterocycles. The molecule has 0 saturated carbocycles. The van der Waals surface area contributed by atoms with E-state index in [0.717, 1.165) is 0 Å². The highest BCUT2D eigenvalue weighted by Crippen LogP contribution is 2.18. The Labute approximate surface area is 129 Å². The molecule has 1 amide bonds. The SMILES string of the molecule is COCC(NC(=O)OC(C)(C)C)C(C)C(=O)c1cccs1. The van der Waals surface area contributed by atoms with Gasteiger partial charge in [-0.15, -0.1) is 11.3 Å². The fraction of sp³-hybridized carbons (Fsp3) is 0.600. The van der Waals surface area contributed by atoms with Gasteiger partial charge in [0.05, 0.1) is 17.5 Å². The van der Waals surface area contributed by atoms with Gasteiger partial charge < -0.3 is 14.8 Å². The van der Waals surface area contributed by atoms with E-state index < -0.39 is 23.7 Å². The smallest absolute Gasteiger partial charge is 0.407 e. The van der Waals surface area contributed by atoms with Gasteiger partial charge in [0.25, 0.3) is 0 Å². The zero-order valence-electron chi connectivity index (χ0n) is 13.1. The Hall–Kier alpha value is -1.40. The Morgan fingerprint density at radius 3 is 2.52 bits per heavy atom. The molecular formula is C15H23NO4S. The number of hydrogen-bond acceptors (Lipinski definition) is 5. The zero-order valence-corrected chi connectivity index (χ0v) is 14.0. The van der Waals surface area contributed by atoms with E-state index in [1.54, 1.807) is 33.8 Å². The Balaban J connectivity index is 2.72. The molecule has 21 heavy (non-hydrogen) atoms. The van der Waals surface area contributed by atoms with Crippen molar-refractivity contribution < 1.29 is 19.1 Å². The van der Waals surface area contributed by atoms with Gasteiger partial charge in [-0.3, -0.25) is 4.79 Å². The molecule has 0 spiro atoms. The van der Waals surface area contributed by atoms with Crippen LogP contribution >= 0.6 is 11.3 Å². The van der Waals surface area contributed by atoms with Crippen molar-refractivity contribution in [3.63, 3.8) is 0 Å². The first-order chi connectivity index (χ1) is 9.74. The maximum Gasteiger partial charge on any atom is 0.407 e. The van der Waals surface area contributed by atoms with E-state index >= 15 is 0 Å². The minimum atomic E-state index is -0.581. The molecule has 0 aromatic carbocycles. The second-order valence-corrected chi connectivity index (χ2v) is 6.79. The molecule has 6 heteroatoms. The van der Waals surface area contributed by atoms with Crippen LogP contribution in [0.15, 0.2) is 17.5 Å². The summed E-state index contributed by atoms with van der Waals surface area (Å²) in [7, 11) is 1.53. The molecule has 0 fully saturated rings. The topological polar surface area (TPSA) is 64.6 Å². The average molecular weight is 313 g/mol. The van der Waals surface area contributed by atoms with Crippen molar-refractivity contribution in [1.29, 1.82) is 0 Å². The molecule has 2 unspecified atom stereocenters. The van der Waals surface area contributed by atoms with E-state index in [0.29, 0.717) is 4.88 Å². The van der Waals surface area contributed by atoms with Crippen LogP contribution in [-0.2, 0) is 9.47 Å². The van der Waals surface area contributed by atoms with Gasteiger partial charge in [-0.2, -0.15) is 0 Å². The third kappa shape index (κ3) is 5.85. The van der Waals surface area contributed by atoms with Crippen LogP contribution < -0.4 is 5.32 Å². The molecule has 118 valence electrons. The number of ether oxygens (including phenoxy) is 2. The molecule has 0 bridgehead atoms. The molecule has 0 aliphatic rings. The van der Waals surface area contributed by atoms with Crippen LogP contribution in [0.25, 0.3) is 0 Å². The fourth-order valence-corrected chi connectivity index (χ4v) is 2.54. The number of alkyl carbamates (subject to hydrolysis) is 1. The summed E-state index contributed by atoms with van der Waals surface area (Å²) in [6.45, 7) is 7.40. The maximum absolute atomic E-state index is 12.4. The van der Waals surface area contributed by atoms with Crippen LogP contribution in [0.3, 0.4) is 0 Å². The number of methoxy groups -OCH3 is 1. The lowest BCUT2D eigenvalue weighted by atomic mass is 9.96. The normalized spacial score (nSPS) is 14.3. The maximum atomic E-state index is 12.4. The number of ketones is 1. The summed E-state index contributed by atoms with van der Waals surface area (Å²) in [5, 5.41) is 4.57. The Bertz CT molecular complexity index is 465. The van der Waals surface area contributed by atoms with E-state index in [1.807, 2.05) is 11.4 Å². The number of hydrogen-bond donors (Lipinski definition) is 1. The summed E-state index contributed by atoms with van der Waals surface area (Å²) in [6.07, 6.45) is -0.546. The van der Waals surface area contributed by atoms with E-state index in [-0.39, 0.29) is 12.4 Å². The van der Waals surface area contributed by atoms with Gasteiger partial charge in [0.15, 0.2) is 5.78 Å². The van der Waals surface area contributed by atoms with Crippen LogP contribution in [0.1, 0.15) is 37.4 Å². The van der Waals surface area contributed by atoms with Crippen LogP contribution in [0.4, 0.5) is 4.79 Å². The number of rotatable bonds is 6. The molecule has 5 nitrogen and oxygen atoms in total. The molecule has 0 aliphatic carbocycles.